The van der Waals surface area contributed by atoms with E-state index in [0.717, 1.165) is 45.6 Å². The zero-order valence-electron chi connectivity index (χ0n) is 11.3. The first kappa shape index (κ1) is 13.1. The summed E-state index contributed by atoms with van der Waals surface area (Å²) in [5, 5.41) is 0. The molecule has 3 fully saturated rings. The Labute approximate surface area is 113 Å². The highest BCUT2D eigenvalue weighted by Crippen LogP contribution is 2.31. The number of hydrogen-bond acceptors (Lipinski definition) is 4. The van der Waals surface area contributed by atoms with Crippen LogP contribution in [0.15, 0.2) is 0 Å². The van der Waals surface area contributed by atoms with Gasteiger partial charge < -0.3 is 24.0 Å². The number of ether oxygens (including phenoxy) is 3. The number of hydrogen-bond donors (Lipinski definition) is 0. The van der Waals surface area contributed by atoms with Gasteiger partial charge in [0.25, 0.3) is 0 Å². The second-order valence-electron chi connectivity index (χ2n) is 5.33. The normalized spacial score (nSPS) is 27.6. The minimum Gasteiger partial charge on any atom is -0.378 e. The minimum absolute atomic E-state index is 0.133. The highest BCUT2D eigenvalue weighted by Gasteiger charge is 2.40. The number of nitrogens with zero attached hydrogens (tertiary/aromatic N) is 2. The van der Waals surface area contributed by atoms with Gasteiger partial charge in [0.2, 0.25) is 0 Å². The summed E-state index contributed by atoms with van der Waals surface area (Å²) in [5.41, 5.74) is 0. The molecule has 0 atom stereocenters. The average Bonchev–Trinajstić information content (AvgIpc) is 2.49. The van der Waals surface area contributed by atoms with Crippen LogP contribution in [-0.2, 0) is 14.2 Å². The van der Waals surface area contributed by atoms with Crippen LogP contribution in [-0.4, -0.2) is 74.2 Å². The Morgan fingerprint density at radius 1 is 0.842 bits per heavy atom. The maximum atomic E-state index is 12.3. The van der Waals surface area contributed by atoms with E-state index in [-0.39, 0.29) is 6.03 Å². The summed E-state index contributed by atoms with van der Waals surface area (Å²) in [6.45, 7) is 5.69. The molecular weight excluding hydrogens is 248 g/mol. The Bertz CT molecular complexity index is 315. The van der Waals surface area contributed by atoms with Crippen LogP contribution in [0.1, 0.15) is 19.3 Å². The Balaban J connectivity index is 1.52. The van der Waals surface area contributed by atoms with Crippen molar-refractivity contribution in [1.82, 2.24) is 9.80 Å². The predicted octanol–water partition coefficient (Wildman–Crippen LogP) is 0.668. The van der Waals surface area contributed by atoms with E-state index in [1.165, 1.54) is 0 Å². The van der Waals surface area contributed by atoms with Crippen LogP contribution in [0.25, 0.3) is 0 Å². The second kappa shape index (κ2) is 5.64. The van der Waals surface area contributed by atoms with Gasteiger partial charge in [-0.25, -0.2) is 4.79 Å². The average molecular weight is 270 g/mol. The van der Waals surface area contributed by atoms with E-state index in [4.69, 9.17) is 14.2 Å². The van der Waals surface area contributed by atoms with E-state index in [2.05, 4.69) is 0 Å². The number of amides is 2. The van der Waals surface area contributed by atoms with Gasteiger partial charge in [0.1, 0.15) is 0 Å². The number of rotatable bonds is 0. The second-order valence-corrected chi connectivity index (χ2v) is 5.33. The van der Waals surface area contributed by atoms with Crippen molar-refractivity contribution >= 4 is 6.03 Å². The molecule has 1 spiro atoms. The summed E-state index contributed by atoms with van der Waals surface area (Å²) < 4.78 is 16.8. The standard InChI is InChI=1S/C13H22N2O4/c16-12(15-6-10-17-11-7-15)14-4-2-13(3-5-14)18-8-1-9-19-13/h1-11H2. The lowest BCUT2D eigenvalue weighted by atomic mass is 10.0. The summed E-state index contributed by atoms with van der Waals surface area (Å²) in [6, 6.07) is 0.133. The van der Waals surface area contributed by atoms with Gasteiger partial charge in [-0.3, -0.25) is 0 Å². The molecule has 0 aliphatic carbocycles. The number of carbonyl (C=O) groups excluding carboxylic acids is 1. The molecule has 6 heteroatoms. The highest BCUT2D eigenvalue weighted by atomic mass is 16.7. The third kappa shape index (κ3) is 2.85. The van der Waals surface area contributed by atoms with E-state index in [1.807, 2.05) is 9.80 Å². The Morgan fingerprint density at radius 2 is 1.42 bits per heavy atom. The quantitative estimate of drug-likeness (QED) is 0.649. The van der Waals surface area contributed by atoms with Gasteiger partial charge in [-0.2, -0.15) is 0 Å². The third-order valence-electron chi connectivity index (χ3n) is 4.10. The van der Waals surface area contributed by atoms with Gasteiger partial charge in [-0.15, -0.1) is 0 Å². The molecule has 0 saturated carbocycles. The van der Waals surface area contributed by atoms with Crippen molar-refractivity contribution in [3.63, 3.8) is 0 Å². The lowest BCUT2D eigenvalue weighted by Gasteiger charge is -2.44. The molecular formula is C13H22N2O4. The van der Waals surface area contributed by atoms with Crippen LogP contribution in [0.2, 0.25) is 0 Å². The molecule has 108 valence electrons. The topological polar surface area (TPSA) is 51.2 Å². The SMILES string of the molecule is O=C(N1CCOCC1)N1CCC2(CC1)OCCCO2. The zero-order valence-corrected chi connectivity index (χ0v) is 11.3. The van der Waals surface area contributed by atoms with Gasteiger partial charge in [-0.05, 0) is 6.42 Å². The van der Waals surface area contributed by atoms with Crippen molar-refractivity contribution in [2.75, 3.05) is 52.6 Å². The van der Waals surface area contributed by atoms with Gasteiger partial charge in [0.15, 0.2) is 5.79 Å². The molecule has 0 radical (unpaired) electrons. The van der Waals surface area contributed by atoms with Crippen LogP contribution >= 0.6 is 0 Å². The number of carbonyl (C=O) groups is 1. The maximum absolute atomic E-state index is 12.3. The lowest BCUT2D eigenvalue weighted by molar-refractivity contribution is -0.282. The number of morpholine rings is 1. The minimum atomic E-state index is -0.417. The van der Waals surface area contributed by atoms with E-state index in [0.29, 0.717) is 26.3 Å². The summed E-state index contributed by atoms with van der Waals surface area (Å²) in [5.74, 6) is -0.417. The van der Waals surface area contributed by atoms with Crippen LogP contribution in [0.4, 0.5) is 4.79 Å². The van der Waals surface area contributed by atoms with Crippen molar-refractivity contribution in [1.29, 1.82) is 0 Å². The molecule has 6 nitrogen and oxygen atoms in total. The molecule has 3 rings (SSSR count). The molecule has 0 bridgehead atoms. The number of likely N-dealkylation sites (tertiary alicyclic amines) is 1. The number of urea groups is 1. The third-order valence-corrected chi connectivity index (χ3v) is 4.10. The van der Waals surface area contributed by atoms with Gasteiger partial charge >= 0.3 is 6.03 Å². The fourth-order valence-electron chi connectivity index (χ4n) is 2.90. The van der Waals surface area contributed by atoms with Gasteiger partial charge in [-0.1, -0.05) is 0 Å². The van der Waals surface area contributed by atoms with E-state index < -0.39 is 5.79 Å². The van der Waals surface area contributed by atoms with Gasteiger partial charge in [0.05, 0.1) is 26.4 Å². The molecule has 19 heavy (non-hydrogen) atoms. The molecule has 3 saturated heterocycles. The van der Waals surface area contributed by atoms with Crippen LogP contribution in [0, 0.1) is 0 Å². The summed E-state index contributed by atoms with van der Waals surface area (Å²) in [6.07, 6.45) is 2.53. The lowest BCUT2D eigenvalue weighted by Crippen LogP contribution is -2.55. The number of piperidine rings is 1. The van der Waals surface area contributed by atoms with Crippen molar-refractivity contribution in [3.8, 4) is 0 Å². The summed E-state index contributed by atoms with van der Waals surface area (Å²) in [4.78, 5) is 16.1. The first-order chi connectivity index (χ1) is 9.29. The van der Waals surface area contributed by atoms with Crippen LogP contribution < -0.4 is 0 Å². The molecule has 3 heterocycles. The molecule has 3 aliphatic rings. The van der Waals surface area contributed by atoms with Crippen LogP contribution in [0.3, 0.4) is 0 Å². The van der Waals surface area contributed by atoms with E-state index in [1.54, 1.807) is 0 Å². The Morgan fingerprint density at radius 3 is 2.05 bits per heavy atom. The largest absolute Gasteiger partial charge is 0.378 e. The first-order valence-corrected chi connectivity index (χ1v) is 7.19. The molecule has 0 aromatic carbocycles. The summed E-state index contributed by atoms with van der Waals surface area (Å²) in [7, 11) is 0. The highest BCUT2D eigenvalue weighted by molar-refractivity contribution is 5.74. The Kier molecular flexibility index (Phi) is 3.91. The van der Waals surface area contributed by atoms with Crippen molar-refractivity contribution in [3.05, 3.63) is 0 Å². The smallest absolute Gasteiger partial charge is 0.320 e. The van der Waals surface area contributed by atoms with Crippen molar-refractivity contribution < 1.29 is 19.0 Å². The summed E-state index contributed by atoms with van der Waals surface area (Å²) >= 11 is 0. The maximum Gasteiger partial charge on any atom is 0.320 e. The fraction of sp³-hybridized carbons (Fsp3) is 0.923. The van der Waals surface area contributed by atoms with E-state index >= 15 is 0 Å². The monoisotopic (exact) mass is 270 g/mol. The Hall–Kier alpha value is -0.850. The van der Waals surface area contributed by atoms with Crippen molar-refractivity contribution in [2.24, 2.45) is 0 Å². The molecule has 0 aromatic heterocycles. The molecule has 2 amide bonds. The van der Waals surface area contributed by atoms with Crippen molar-refractivity contribution in [2.45, 2.75) is 25.0 Å². The first-order valence-electron chi connectivity index (χ1n) is 7.19. The fourth-order valence-corrected chi connectivity index (χ4v) is 2.90. The molecule has 0 unspecified atom stereocenters. The predicted molar refractivity (Wildman–Crippen MR) is 67.8 cm³/mol. The molecule has 3 aliphatic heterocycles. The zero-order chi connectivity index (χ0) is 13.1. The molecule has 0 N–H and O–H groups in total. The van der Waals surface area contributed by atoms with Gasteiger partial charge in [0, 0.05) is 39.0 Å². The van der Waals surface area contributed by atoms with E-state index in [9.17, 15) is 4.79 Å². The van der Waals surface area contributed by atoms with Crippen LogP contribution in [0.5, 0.6) is 0 Å². The molecule has 0 aromatic rings.